The number of amides is 2. The van der Waals surface area contributed by atoms with Gasteiger partial charge in [-0.1, -0.05) is 0 Å². The molecule has 0 aliphatic heterocycles. The normalized spacial score (nSPS) is 8.89. The Morgan fingerprint density at radius 1 is 1.33 bits per heavy atom. The van der Waals surface area contributed by atoms with Gasteiger partial charge >= 0.3 is 6.03 Å². The lowest BCUT2D eigenvalue weighted by molar-refractivity contribution is 0.191. The third-order valence-corrected chi connectivity index (χ3v) is 1.07. The largest absolute Gasteiger partial charge is 0.331 e. The molecule has 0 aliphatic carbocycles. The molecule has 0 saturated heterocycles. The zero-order chi connectivity index (χ0) is 7.44. The minimum atomic E-state index is -0.00231. The van der Waals surface area contributed by atoms with Crippen molar-refractivity contribution in [3.63, 3.8) is 0 Å². The molecule has 0 bridgehead atoms. The molecule has 1 radical (unpaired) electrons. The van der Waals surface area contributed by atoms with Gasteiger partial charge in [-0.25, -0.2) is 4.79 Å². The lowest BCUT2D eigenvalue weighted by atomic mass is 10.6. The van der Waals surface area contributed by atoms with E-state index in [1.807, 2.05) is 6.92 Å². The summed E-state index contributed by atoms with van der Waals surface area (Å²) in [5.74, 6) is 0. The number of hydrogen-bond donors (Lipinski definition) is 0. The summed E-state index contributed by atoms with van der Waals surface area (Å²) in [6.45, 7) is 3.55. The maximum absolute atomic E-state index is 10.9. The Hall–Kier alpha value is -0.730. The first-order chi connectivity index (χ1) is 4.09. The highest BCUT2D eigenvalue weighted by Gasteiger charge is 2.06. The molecule has 0 heterocycles. The van der Waals surface area contributed by atoms with Crippen LogP contribution in [0.5, 0.6) is 0 Å². The van der Waals surface area contributed by atoms with Crippen molar-refractivity contribution in [3.8, 4) is 0 Å². The molecule has 0 spiro atoms. The van der Waals surface area contributed by atoms with E-state index in [1.165, 1.54) is 9.80 Å². The standard InChI is InChI=1S/C6H13N2O/c1-5-8(4)6(9)7(2)3/h5H,1-4H3. The third kappa shape index (κ3) is 2.35. The van der Waals surface area contributed by atoms with Crippen LogP contribution in [0.25, 0.3) is 0 Å². The van der Waals surface area contributed by atoms with Crippen molar-refractivity contribution < 1.29 is 4.79 Å². The van der Waals surface area contributed by atoms with Gasteiger partial charge in [0.2, 0.25) is 0 Å². The Morgan fingerprint density at radius 2 is 1.78 bits per heavy atom. The molecule has 0 aliphatic rings. The highest BCUT2D eigenvalue weighted by atomic mass is 16.2. The number of hydrogen-bond acceptors (Lipinski definition) is 1. The molecule has 0 aromatic heterocycles. The van der Waals surface area contributed by atoms with E-state index in [1.54, 1.807) is 27.7 Å². The Bertz CT molecular complexity index is 101. The van der Waals surface area contributed by atoms with Crippen molar-refractivity contribution in [2.45, 2.75) is 6.92 Å². The van der Waals surface area contributed by atoms with Gasteiger partial charge in [0.1, 0.15) is 0 Å². The van der Waals surface area contributed by atoms with E-state index in [9.17, 15) is 4.79 Å². The fourth-order valence-electron chi connectivity index (χ4n) is 0.426. The molecular formula is C6H13N2O. The van der Waals surface area contributed by atoms with E-state index in [-0.39, 0.29) is 6.03 Å². The molecule has 0 rings (SSSR count). The summed E-state index contributed by atoms with van der Waals surface area (Å²) >= 11 is 0. The van der Waals surface area contributed by atoms with Gasteiger partial charge in [0.15, 0.2) is 0 Å². The molecule has 0 N–H and O–H groups in total. The molecule has 3 heteroatoms. The summed E-state index contributed by atoms with van der Waals surface area (Å²) in [4.78, 5) is 14.0. The Balaban J connectivity index is 3.73. The molecule has 2 amide bonds. The smallest absolute Gasteiger partial charge is 0.319 e. The zero-order valence-corrected chi connectivity index (χ0v) is 6.38. The first-order valence-corrected chi connectivity index (χ1v) is 2.83. The van der Waals surface area contributed by atoms with Crippen LogP contribution in [-0.4, -0.2) is 37.0 Å². The van der Waals surface area contributed by atoms with E-state index >= 15 is 0 Å². The minimum Gasteiger partial charge on any atom is -0.331 e. The maximum Gasteiger partial charge on any atom is 0.319 e. The van der Waals surface area contributed by atoms with Crippen molar-refractivity contribution in [2.24, 2.45) is 0 Å². The topological polar surface area (TPSA) is 23.6 Å². The fraction of sp³-hybridized carbons (Fsp3) is 0.667. The van der Waals surface area contributed by atoms with E-state index < -0.39 is 0 Å². The number of urea groups is 1. The van der Waals surface area contributed by atoms with Crippen LogP contribution in [0.4, 0.5) is 4.79 Å². The monoisotopic (exact) mass is 129 g/mol. The highest BCUT2D eigenvalue weighted by Crippen LogP contribution is 1.91. The molecule has 0 saturated carbocycles. The molecule has 3 nitrogen and oxygen atoms in total. The Labute approximate surface area is 56.2 Å². The van der Waals surface area contributed by atoms with Crippen molar-refractivity contribution in [2.75, 3.05) is 21.1 Å². The highest BCUT2D eigenvalue weighted by molar-refractivity contribution is 5.73. The van der Waals surface area contributed by atoms with E-state index in [2.05, 4.69) is 0 Å². The summed E-state index contributed by atoms with van der Waals surface area (Å²) in [5, 5.41) is 0. The van der Waals surface area contributed by atoms with E-state index in [4.69, 9.17) is 0 Å². The van der Waals surface area contributed by atoms with E-state index in [0.717, 1.165) is 0 Å². The summed E-state index contributed by atoms with van der Waals surface area (Å²) in [6, 6.07) is -0.00231. The van der Waals surface area contributed by atoms with Crippen LogP contribution in [0.15, 0.2) is 0 Å². The first-order valence-electron chi connectivity index (χ1n) is 2.83. The van der Waals surface area contributed by atoms with Crippen LogP contribution >= 0.6 is 0 Å². The van der Waals surface area contributed by atoms with E-state index in [0.29, 0.717) is 0 Å². The SMILES string of the molecule is C[CH]N(C)C(=O)N(C)C. The number of carbonyl (C=O) groups is 1. The average Bonchev–Trinajstić information content (AvgIpc) is 1.84. The molecule has 0 unspecified atom stereocenters. The van der Waals surface area contributed by atoms with Gasteiger partial charge in [0.25, 0.3) is 0 Å². The van der Waals surface area contributed by atoms with Crippen LogP contribution in [0.3, 0.4) is 0 Å². The van der Waals surface area contributed by atoms with Crippen LogP contribution in [0, 0.1) is 6.54 Å². The van der Waals surface area contributed by atoms with Crippen LogP contribution in [0.2, 0.25) is 0 Å². The predicted octanol–water partition coefficient (Wildman–Crippen LogP) is 0.781. The summed E-state index contributed by atoms with van der Waals surface area (Å²) in [7, 11) is 5.17. The maximum atomic E-state index is 10.9. The number of carbonyl (C=O) groups excluding carboxylic acids is 1. The van der Waals surface area contributed by atoms with Gasteiger partial charge < -0.3 is 9.80 Å². The molecule has 0 fully saturated rings. The first kappa shape index (κ1) is 8.27. The predicted molar refractivity (Wildman–Crippen MR) is 36.8 cm³/mol. The van der Waals surface area contributed by atoms with Gasteiger partial charge in [-0.15, -0.1) is 0 Å². The molecule has 0 aromatic rings. The van der Waals surface area contributed by atoms with Crippen molar-refractivity contribution in [1.82, 2.24) is 9.80 Å². The minimum absolute atomic E-state index is 0.00231. The molecule has 9 heavy (non-hydrogen) atoms. The van der Waals surface area contributed by atoms with Crippen molar-refractivity contribution >= 4 is 6.03 Å². The third-order valence-electron chi connectivity index (χ3n) is 1.07. The lowest BCUT2D eigenvalue weighted by Crippen LogP contribution is -2.33. The van der Waals surface area contributed by atoms with Crippen LogP contribution in [0.1, 0.15) is 6.92 Å². The van der Waals surface area contributed by atoms with Gasteiger partial charge in [0.05, 0.1) is 6.54 Å². The average molecular weight is 129 g/mol. The quantitative estimate of drug-likeness (QED) is 0.513. The molecule has 0 aromatic carbocycles. The second-order valence-corrected chi connectivity index (χ2v) is 2.05. The van der Waals surface area contributed by atoms with Crippen molar-refractivity contribution in [3.05, 3.63) is 6.54 Å². The summed E-state index contributed by atoms with van der Waals surface area (Å²) in [5.41, 5.74) is 0. The molecular weight excluding hydrogens is 116 g/mol. The van der Waals surface area contributed by atoms with Gasteiger partial charge in [-0.2, -0.15) is 0 Å². The second kappa shape index (κ2) is 3.33. The summed E-state index contributed by atoms with van der Waals surface area (Å²) < 4.78 is 0. The Morgan fingerprint density at radius 3 is 1.89 bits per heavy atom. The van der Waals surface area contributed by atoms with Crippen LogP contribution in [-0.2, 0) is 0 Å². The van der Waals surface area contributed by atoms with Crippen molar-refractivity contribution in [1.29, 1.82) is 0 Å². The lowest BCUT2D eigenvalue weighted by Gasteiger charge is -2.18. The fourth-order valence-corrected chi connectivity index (χ4v) is 0.426. The second-order valence-electron chi connectivity index (χ2n) is 2.05. The van der Waals surface area contributed by atoms with Crippen LogP contribution < -0.4 is 0 Å². The zero-order valence-electron chi connectivity index (χ0n) is 6.38. The number of nitrogens with zero attached hydrogens (tertiary/aromatic N) is 2. The van der Waals surface area contributed by atoms with Gasteiger partial charge in [0, 0.05) is 21.1 Å². The van der Waals surface area contributed by atoms with Gasteiger partial charge in [-0.3, -0.25) is 0 Å². The molecule has 53 valence electrons. The molecule has 0 atom stereocenters. The summed E-state index contributed by atoms with van der Waals surface area (Å²) in [6.07, 6.45) is 0. The van der Waals surface area contributed by atoms with Gasteiger partial charge in [-0.05, 0) is 6.92 Å². The number of rotatable bonds is 1. The Kier molecular flexibility index (Phi) is 3.06.